The molecule has 27 heavy (non-hydrogen) atoms. The Labute approximate surface area is 161 Å². The molecule has 0 atom stereocenters. The van der Waals surface area contributed by atoms with E-state index in [4.69, 9.17) is 23.5 Å². The molecule has 2 aliphatic rings. The number of carbonyl (C=O) groups is 1. The summed E-state index contributed by atoms with van der Waals surface area (Å²) in [4.78, 5) is 14.7. The number of hydrogen-bond acceptors (Lipinski definition) is 6. The first-order valence-electron chi connectivity index (χ1n) is 9.19. The van der Waals surface area contributed by atoms with Gasteiger partial charge in [0, 0.05) is 18.6 Å². The average molecular weight is 377 g/mol. The maximum atomic E-state index is 13.0. The molecule has 1 amide bonds. The van der Waals surface area contributed by atoms with Crippen molar-refractivity contribution in [3.8, 4) is 11.5 Å². The van der Waals surface area contributed by atoms with Crippen molar-refractivity contribution in [1.29, 1.82) is 0 Å². The molecule has 2 aliphatic heterocycles. The summed E-state index contributed by atoms with van der Waals surface area (Å²) in [6.45, 7) is 10.2. The molecule has 3 rings (SSSR count). The number of methoxy groups -OCH3 is 2. The SMILES string of the molecule is COc1c(B2OC(C)(C)C(C)(C)O2)ccc(C(=O)N2CCOCC2)c1OC. The minimum Gasteiger partial charge on any atom is -0.493 e. The smallest absolute Gasteiger partial charge is 0.493 e. The molecule has 1 aromatic carbocycles. The van der Waals surface area contributed by atoms with Crippen LogP contribution < -0.4 is 14.9 Å². The third-order valence-electron chi connectivity index (χ3n) is 5.59. The number of nitrogens with zero attached hydrogens (tertiary/aromatic N) is 1. The van der Waals surface area contributed by atoms with E-state index in [1.54, 1.807) is 18.1 Å². The molecule has 0 aromatic heterocycles. The molecule has 0 radical (unpaired) electrons. The molecular formula is C19H28BNO6. The zero-order valence-electron chi connectivity index (χ0n) is 17.0. The van der Waals surface area contributed by atoms with Crippen LogP contribution in [0.5, 0.6) is 11.5 Å². The second kappa shape index (κ2) is 7.33. The molecule has 0 spiro atoms. The Hall–Kier alpha value is -1.77. The van der Waals surface area contributed by atoms with E-state index < -0.39 is 18.3 Å². The van der Waals surface area contributed by atoms with Gasteiger partial charge < -0.3 is 28.4 Å². The highest BCUT2D eigenvalue weighted by atomic mass is 16.7. The Morgan fingerprint density at radius 3 is 2.07 bits per heavy atom. The summed E-state index contributed by atoms with van der Waals surface area (Å²) in [5, 5.41) is 0. The van der Waals surface area contributed by atoms with Gasteiger partial charge in [0.2, 0.25) is 0 Å². The van der Waals surface area contributed by atoms with Crippen molar-refractivity contribution in [3.05, 3.63) is 17.7 Å². The first-order valence-corrected chi connectivity index (χ1v) is 9.19. The third kappa shape index (κ3) is 3.53. The van der Waals surface area contributed by atoms with Crippen LogP contribution in [-0.4, -0.2) is 69.7 Å². The summed E-state index contributed by atoms with van der Waals surface area (Å²) in [7, 11) is 2.48. The first-order chi connectivity index (χ1) is 12.7. The van der Waals surface area contributed by atoms with Gasteiger partial charge in [-0.25, -0.2) is 0 Å². The largest absolute Gasteiger partial charge is 0.498 e. The zero-order chi connectivity index (χ0) is 19.8. The molecule has 0 N–H and O–H groups in total. The first kappa shape index (κ1) is 20.0. The van der Waals surface area contributed by atoms with Crippen molar-refractivity contribution in [1.82, 2.24) is 4.90 Å². The van der Waals surface area contributed by atoms with E-state index in [-0.39, 0.29) is 5.91 Å². The van der Waals surface area contributed by atoms with E-state index >= 15 is 0 Å². The zero-order valence-corrected chi connectivity index (χ0v) is 17.0. The summed E-state index contributed by atoms with van der Waals surface area (Å²) in [5.41, 5.74) is 0.208. The normalized spacial score (nSPS) is 21.3. The third-order valence-corrected chi connectivity index (χ3v) is 5.59. The van der Waals surface area contributed by atoms with Crippen molar-refractivity contribution in [2.24, 2.45) is 0 Å². The second-order valence-electron chi connectivity index (χ2n) is 7.76. The summed E-state index contributed by atoms with van der Waals surface area (Å²) in [6, 6.07) is 3.57. The van der Waals surface area contributed by atoms with Crippen molar-refractivity contribution in [3.63, 3.8) is 0 Å². The van der Waals surface area contributed by atoms with Crippen LogP contribution in [0, 0.1) is 0 Å². The van der Waals surface area contributed by atoms with Gasteiger partial charge in [-0.1, -0.05) is 6.07 Å². The van der Waals surface area contributed by atoms with Crippen molar-refractivity contribution in [2.75, 3.05) is 40.5 Å². The molecular weight excluding hydrogens is 349 g/mol. The number of benzene rings is 1. The second-order valence-corrected chi connectivity index (χ2v) is 7.76. The van der Waals surface area contributed by atoms with Crippen LogP contribution in [0.3, 0.4) is 0 Å². The maximum absolute atomic E-state index is 13.0. The lowest BCUT2D eigenvalue weighted by Crippen LogP contribution is -2.41. The maximum Gasteiger partial charge on any atom is 0.498 e. The minimum atomic E-state index is -0.605. The highest BCUT2D eigenvalue weighted by Crippen LogP contribution is 2.39. The number of hydrogen-bond donors (Lipinski definition) is 0. The Balaban J connectivity index is 1.97. The molecule has 0 unspecified atom stereocenters. The van der Waals surface area contributed by atoms with E-state index in [9.17, 15) is 4.79 Å². The fourth-order valence-electron chi connectivity index (χ4n) is 3.25. The lowest BCUT2D eigenvalue weighted by atomic mass is 9.77. The lowest BCUT2D eigenvalue weighted by molar-refractivity contribution is 0.00578. The predicted molar refractivity (Wildman–Crippen MR) is 102 cm³/mol. The highest BCUT2D eigenvalue weighted by molar-refractivity contribution is 6.63. The lowest BCUT2D eigenvalue weighted by Gasteiger charge is -2.32. The standard InChI is InChI=1S/C19H28BNO6/c1-18(2)19(3,4)27-20(26-18)14-8-7-13(15(23-5)16(14)24-6)17(22)21-9-11-25-12-10-21/h7-8H,9-12H2,1-6H3. The van der Waals surface area contributed by atoms with Crippen LogP contribution in [0.2, 0.25) is 0 Å². The number of amides is 1. The minimum absolute atomic E-state index is 0.103. The molecule has 0 bridgehead atoms. The highest BCUT2D eigenvalue weighted by Gasteiger charge is 2.53. The fraction of sp³-hybridized carbons (Fsp3) is 0.632. The Kier molecular flexibility index (Phi) is 5.43. The van der Waals surface area contributed by atoms with Gasteiger partial charge in [0.05, 0.1) is 44.2 Å². The Morgan fingerprint density at radius 1 is 1.00 bits per heavy atom. The van der Waals surface area contributed by atoms with Crippen molar-refractivity contribution < 1.29 is 28.3 Å². The molecule has 1 aromatic rings. The Bertz CT molecular complexity index is 698. The molecule has 8 heteroatoms. The van der Waals surface area contributed by atoms with Crippen LogP contribution in [0.4, 0.5) is 0 Å². The molecule has 0 aliphatic carbocycles. The van der Waals surface area contributed by atoms with Gasteiger partial charge in [-0.05, 0) is 33.8 Å². The summed E-state index contributed by atoms with van der Waals surface area (Å²) >= 11 is 0. The quantitative estimate of drug-likeness (QED) is 0.741. The predicted octanol–water partition coefficient (Wildman–Crippen LogP) is 1.48. The molecule has 2 heterocycles. The van der Waals surface area contributed by atoms with Gasteiger partial charge in [0.1, 0.15) is 0 Å². The van der Waals surface area contributed by atoms with Gasteiger partial charge in [-0.3, -0.25) is 4.79 Å². The summed E-state index contributed by atoms with van der Waals surface area (Å²) in [5.74, 6) is 0.741. The van der Waals surface area contributed by atoms with Gasteiger partial charge in [0.25, 0.3) is 5.91 Å². The molecule has 0 saturated carbocycles. The number of rotatable bonds is 4. The van der Waals surface area contributed by atoms with Gasteiger partial charge >= 0.3 is 7.12 Å². The topological polar surface area (TPSA) is 66.5 Å². The van der Waals surface area contributed by atoms with Gasteiger partial charge in [0.15, 0.2) is 11.5 Å². The van der Waals surface area contributed by atoms with Crippen LogP contribution >= 0.6 is 0 Å². The van der Waals surface area contributed by atoms with Crippen molar-refractivity contribution in [2.45, 2.75) is 38.9 Å². The van der Waals surface area contributed by atoms with E-state index in [0.29, 0.717) is 48.8 Å². The summed E-state index contributed by atoms with van der Waals surface area (Å²) < 4.78 is 28.8. The monoisotopic (exact) mass is 377 g/mol. The van der Waals surface area contributed by atoms with E-state index in [0.717, 1.165) is 0 Å². The Morgan fingerprint density at radius 2 is 1.56 bits per heavy atom. The molecule has 148 valence electrons. The molecule has 2 saturated heterocycles. The number of carbonyl (C=O) groups excluding carboxylic acids is 1. The van der Waals surface area contributed by atoms with Crippen LogP contribution in [0.25, 0.3) is 0 Å². The number of ether oxygens (including phenoxy) is 3. The van der Waals surface area contributed by atoms with Gasteiger partial charge in [-0.15, -0.1) is 0 Å². The van der Waals surface area contributed by atoms with E-state index in [1.165, 1.54) is 7.11 Å². The fourth-order valence-corrected chi connectivity index (χ4v) is 3.25. The van der Waals surface area contributed by atoms with Gasteiger partial charge in [-0.2, -0.15) is 0 Å². The number of morpholine rings is 1. The van der Waals surface area contributed by atoms with Crippen LogP contribution in [-0.2, 0) is 14.0 Å². The van der Waals surface area contributed by atoms with E-state index in [1.807, 2.05) is 33.8 Å². The van der Waals surface area contributed by atoms with E-state index in [2.05, 4.69) is 0 Å². The average Bonchev–Trinajstić information content (AvgIpc) is 2.87. The molecule has 7 nitrogen and oxygen atoms in total. The van der Waals surface area contributed by atoms with Crippen molar-refractivity contribution >= 4 is 18.5 Å². The molecule has 2 fully saturated rings. The van der Waals surface area contributed by atoms with Crippen LogP contribution in [0.1, 0.15) is 38.1 Å². The van der Waals surface area contributed by atoms with Crippen LogP contribution in [0.15, 0.2) is 12.1 Å². The summed E-state index contributed by atoms with van der Waals surface area (Å²) in [6.07, 6.45) is 0.